The lowest BCUT2D eigenvalue weighted by Crippen LogP contribution is -2.25. The highest BCUT2D eigenvalue weighted by molar-refractivity contribution is 9.10. The fraction of sp³-hybridized carbons (Fsp3) is 0.250. The molecule has 0 aliphatic heterocycles. The summed E-state index contributed by atoms with van der Waals surface area (Å²) in [5.41, 5.74) is 15.1. The van der Waals surface area contributed by atoms with Gasteiger partial charge < -0.3 is 24.0 Å². The molecular weight excluding hydrogens is 850 g/mol. The van der Waals surface area contributed by atoms with Crippen LogP contribution in [0.2, 0.25) is 0 Å². The third-order valence-corrected chi connectivity index (χ3v) is 8.90. The first-order chi connectivity index (χ1) is 25.0. The minimum atomic E-state index is -0.102. The summed E-state index contributed by atoms with van der Waals surface area (Å²) in [5.74, 6) is 0.549. The fourth-order valence-electron chi connectivity index (χ4n) is 5.02. The average Bonchev–Trinajstić information content (AvgIpc) is 3.71. The number of alkyl halides is 1. The Morgan fingerprint density at radius 3 is 1.83 bits per heavy atom. The molecule has 0 radical (unpaired) electrons. The predicted molar refractivity (Wildman–Crippen MR) is 223 cm³/mol. The maximum atomic E-state index is 5.29. The Balaban J connectivity index is 0.000000174. The van der Waals surface area contributed by atoms with E-state index in [4.69, 9.17) is 15.2 Å². The summed E-state index contributed by atoms with van der Waals surface area (Å²) in [6, 6.07) is 26.3. The largest absolute Gasteiger partial charge is 0.384 e. The number of ether oxygens (including phenoxy) is 2. The number of anilines is 1. The van der Waals surface area contributed by atoms with Gasteiger partial charge in [0.1, 0.15) is 17.1 Å². The molecule has 2 N–H and O–H groups in total. The summed E-state index contributed by atoms with van der Waals surface area (Å²) < 4.78 is 16.7. The highest BCUT2D eigenvalue weighted by Crippen LogP contribution is 2.31. The number of aromatic nitrogens is 6. The summed E-state index contributed by atoms with van der Waals surface area (Å²) in [6.07, 6.45) is 9.48. The van der Waals surface area contributed by atoms with Crippen LogP contribution in [0.4, 0.5) is 5.82 Å². The van der Waals surface area contributed by atoms with Crippen molar-refractivity contribution in [2.24, 2.45) is 0 Å². The van der Waals surface area contributed by atoms with Crippen LogP contribution in [-0.2, 0) is 9.47 Å². The topological polar surface area (TPSA) is 105 Å². The van der Waals surface area contributed by atoms with Crippen LogP contribution in [0.15, 0.2) is 119 Å². The maximum absolute atomic E-state index is 5.29. The zero-order chi connectivity index (χ0) is 37.6. The number of nitrogens with zero attached hydrogens (tertiary/aromatic N) is 6. The van der Waals surface area contributed by atoms with E-state index in [9.17, 15) is 0 Å². The van der Waals surface area contributed by atoms with Gasteiger partial charge in [0, 0.05) is 75.8 Å². The summed E-state index contributed by atoms with van der Waals surface area (Å²) in [7, 11) is 0. The molecule has 6 heterocycles. The standard InChI is InChI=1S/C20H17N3.C8H7BrN2.C7H15BrO2.C5H5BrN2/c1-14-6-5-9-19(22-14)18-8-4-3-7-17(18)16-10-11-20-21-12-15(2)23(20)13-16;1-6-4-10-8-3-2-7(9)5-11(6)8;1-4-9-7(6(3)8)10-5-2;6-4-1-2-5(7)8-3-4/h3-13H,1-2H3;2-5H,1H3;6-7H,4-5H2,1-3H3;1-3H,(H2,7,8). The number of nitrogens with two attached hydrogens (primary N) is 1. The van der Waals surface area contributed by atoms with E-state index in [1.165, 1.54) is 5.56 Å². The maximum Gasteiger partial charge on any atom is 0.169 e. The second kappa shape index (κ2) is 20.3. The van der Waals surface area contributed by atoms with Gasteiger partial charge >= 0.3 is 0 Å². The summed E-state index contributed by atoms with van der Waals surface area (Å²) in [6.45, 7) is 13.4. The van der Waals surface area contributed by atoms with Crippen molar-refractivity contribution < 1.29 is 9.47 Å². The number of nitrogen functional groups attached to an aromatic ring is 1. The Morgan fingerprint density at radius 1 is 0.673 bits per heavy atom. The molecule has 9 nitrogen and oxygen atoms in total. The van der Waals surface area contributed by atoms with Crippen molar-refractivity contribution in [3.05, 3.63) is 136 Å². The van der Waals surface area contributed by atoms with Gasteiger partial charge in [-0.25, -0.2) is 15.0 Å². The third kappa shape index (κ3) is 11.8. The van der Waals surface area contributed by atoms with Crippen LogP contribution in [0.5, 0.6) is 0 Å². The quantitative estimate of drug-likeness (QED) is 0.125. The van der Waals surface area contributed by atoms with Gasteiger partial charge in [-0.1, -0.05) is 46.3 Å². The Morgan fingerprint density at radius 2 is 1.27 bits per heavy atom. The summed E-state index contributed by atoms with van der Waals surface area (Å²) in [5, 5.41) is 0. The van der Waals surface area contributed by atoms with Crippen molar-refractivity contribution in [1.29, 1.82) is 0 Å². The van der Waals surface area contributed by atoms with Gasteiger partial charge in [-0.05, 0) is 133 Å². The Bertz CT molecular complexity index is 2120. The molecule has 0 saturated carbocycles. The SMILES string of the molecule is CCOC(OCC)C(C)Br.Cc1cccc(-c2ccccc2-c2ccc3ncc(C)n3c2)n1.Cc1cnc2ccc(Br)cn12.Nc1ccc(Br)cn1. The van der Waals surface area contributed by atoms with Gasteiger partial charge in [0.25, 0.3) is 0 Å². The number of halogens is 3. The minimum Gasteiger partial charge on any atom is -0.384 e. The Kier molecular flexibility index (Phi) is 16.0. The van der Waals surface area contributed by atoms with Crippen molar-refractivity contribution in [3.63, 3.8) is 0 Å². The molecule has 0 amide bonds. The van der Waals surface area contributed by atoms with Crippen LogP contribution in [0, 0.1) is 20.8 Å². The molecule has 1 atom stereocenters. The highest BCUT2D eigenvalue weighted by atomic mass is 79.9. The van der Waals surface area contributed by atoms with E-state index in [2.05, 4.69) is 134 Å². The molecule has 0 fully saturated rings. The van der Waals surface area contributed by atoms with E-state index in [1.54, 1.807) is 12.3 Å². The molecule has 0 saturated heterocycles. The van der Waals surface area contributed by atoms with Crippen LogP contribution in [-0.4, -0.2) is 53.1 Å². The van der Waals surface area contributed by atoms with Crippen molar-refractivity contribution in [1.82, 2.24) is 28.7 Å². The monoisotopic (exact) mass is 891 g/mol. The van der Waals surface area contributed by atoms with Gasteiger partial charge in [-0.3, -0.25) is 4.98 Å². The summed E-state index contributed by atoms with van der Waals surface area (Å²) in [4.78, 5) is 17.3. The van der Waals surface area contributed by atoms with Gasteiger partial charge in [0.05, 0.1) is 10.5 Å². The third-order valence-electron chi connectivity index (χ3n) is 7.53. The average molecular weight is 895 g/mol. The molecule has 0 aliphatic carbocycles. The van der Waals surface area contributed by atoms with Crippen molar-refractivity contribution in [3.8, 4) is 22.4 Å². The number of pyridine rings is 4. The fourth-order valence-corrected chi connectivity index (χ4v) is 5.90. The van der Waals surface area contributed by atoms with Crippen LogP contribution >= 0.6 is 47.8 Å². The molecular formula is C40H44Br3N7O2. The van der Waals surface area contributed by atoms with E-state index in [1.807, 2.05) is 81.9 Å². The lowest BCUT2D eigenvalue weighted by molar-refractivity contribution is -0.132. The number of rotatable bonds is 7. The number of hydrogen-bond donors (Lipinski definition) is 1. The first-order valence-electron chi connectivity index (χ1n) is 16.8. The second-order valence-electron chi connectivity index (χ2n) is 11.6. The van der Waals surface area contributed by atoms with Crippen molar-refractivity contribution >= 4 is 64.9 Å². The van der Waals surface area contributed by atoms with Gasteiger partial charge in [0.15, 0.2) is 6.29 Å². The van der Waals surface area contributed by atoms with E-state index in [0.29, 0.717) is 19.0 Å². The van der Waals surface area contributed by atoms with E-state index >= 15 is 0 Å². The Labute approximate surface area is 331 Å². The lowest BCUT2D eigenvalue weighted by Gasteiger charge is -2.18. The lowest BCUT2D eigenvalue weighted by atomic mass is 9.98. The second-order valence-corrected chi connectivity index (χ2v) is 14.9. The molecule has 272 valence electrons. The highest BCUT2D eigenvalue weighted by Gasteiger charge is 2.13. The van der Waals surface area contributed by atoms with Crippen LogP contribution < -0.4 is 5.73 Å². The molecule has 1 aromatic carbocycles. The normalized spacial score (nSPS) is 11.3. The first-order valence-corrected chi connectivity index (χ1v) is 19.3. The molecule has 0 bridgehead atoms. The number of benzene rings is 1. The Hall–Kier alpha value is -3.94. The molecule has 7 aromatic rings. The predicted octanol–water partition coefficient (Wildman–Crippen LogP) is 10.7. The van der Waals surface area contributed by atoms with E-state index in [-0.39, 0.29) is 11.1 Å². The number of fused-ring (bicyclic) bond motifs is 2. The molecule has 12 heteroatoms. The molecule has 0 spiro atoms. The number of aryl methyl sites for hydroxylation is 3. The van der Waals surface area contributed by atoms with Gasteiger partial charge in [0.2, 0.25) is 0 Å². The zero-order valence-electron chi connectivity index (χ0n) is 30.2. The van der Waals surface area contributed by atoms with E-state index in [0.717, 1.165) is 54.1 Å². The minimum absolute atomic E-state index is 0.102. The zero-order valence-corrected chi connectivity index (χ0v) is 34.9. The molecule has 6 aromatic heterocycles. The van der Waals surface area contributed by atoms with Gasteiger partial charge in [-0.2, -0.15) is 0 Å². The number of imidazole rings is 2. The molecule has 1 unspecified atom stereocenters. The molecule has 52 heavy (non-hydrogen) atoms. The van der Waals surface area contributed by atoms with Crippen LogP contribution in [0.1, 0.15) is 37.9 Å². The van der Waals surface area contributed by atoms with Crippen LogP contribution in [0.3, 0.4) is 0 Å². The van der Waals surface area contributed by atoms with Crippen LogP contribution in [0.25, 0.3) is 33.7 Å². The van der Waals surface area contributed by atoms with Crippen molar-refractivity contribution in [2.45, 2.75) is 52.7 Å². The first kappa shape index (κ1) is 40.8. The molecule has 7 rings (SSSR count). The number of hydrogen-bond acceptors (Lipinski definition) is 7. The smallest absolute Gasteiger partial charge is 0.169 e. The van der Waals surface area contributed by atoms with Crippen molar-refractivity contribution in [2.75, 3.05) is 18.9 Å². The van der Waals surface area contributed by atoms with Gasteiger partial charge in [-0.15, -0.1) is 0 Å². The van der Waals surface area contributed by atoms with E-state index < -0.39 is 0 Å². The molecule has 0 aliphatic rings. The summed E-state index contributed by atoms with van der Waals surface area (Å²) >= 11 is 10.0.